The van der Waals surface area contributed by atoms with Gasteiger partial charge in [-0.3, -0.25) is 0 Å². The van der Waals surface area contributed by atoms with Crippen molar-refractivity contribution in [2.75, 3.05) is 32.8 Å². The Hall–Kier alpha value is -0.120. The summed E-state index contributed by atoms with van der Waals surface area (Å²) in [5, 5.41) is 12.7. The zero-order valence-corrected chi connectivity index (χ0v) is 12.5. The molecule has 3 nitrogen and oxygen atoms in total. The second-order valence-corrected chi connectivity index (χ2v) is 6.48. The molecule has 0 aromatic heterocycles. The molecule has 1 rings (SSSR count). The first kappa shape index (κ1) is 15.9. The van der Waals surface area contributed by atoms with E-state index < -0.39 is 0 Å². The Bertz CT molecular complexity index is 219. The van der Waals surface area contributed by atoms with E-state index in [1.165, 1.54) is 32.4 Å². The summed E-state index contributed by atoms with van der Waals surface area (Å²) in [5.74, 6) is 0. The van der Waals surface area contributed by atoms with Crippen LogP contribution >= 0.6 is 0 Å². The van der Waals surface area contributed by atoms with Gasteiger partial charge in [0, 0.05) is 19.2 Å². The van der Waals surface area contributed by atoms with Crippen LogP contribution in [0.15, 0.2) is 0 Å². The number of rotatable bonds is 7. The maximum Gasteiger partial charge on any atom is 0.0446 e. The lowest BCUT2D eigenvalue weighted by Gasteiger charge is -2.27. The molecular weight excluding hydrogens is 224 g/mol. The first-order valence-electron chi connectivity index (χ1n) is 7.64. The fourth-order valence-corrected chi connectivity index (χ4v) is 2.74. The van der Waals surface area contributed by atoms with Crippen molar-refractivity contribution < 1.29 is 5.11 Å². The van der Waals surface area contributed by atoms with Gasteiger partial charge in [0.2, 0.25) is 0 Å². The SMILES string of the molecule is CCCNC(CCO)CN1CCCC(C)(C)CC1. The number of nitrogens with zero attached hydrogens (tertiary/aromatic N) is 1. The second kappa shape index (κ2) is 8.13. The minimum Gasteiger partial charge on any atom is -0.396 e. The molecule has 108 valence electrons. The van der Waals surface area contributed by atoms with Crippen LogP contribution in [0.2, 0.25) is 0 Å². The number of aliphatic hydroxyl groups is 1. The van der Waals surface area contributed by atoms with Crippen molar-refractivity contribution in [3.05, 3.63) is 0 Å². The fourth-order valence-electron chi connectivity index (χ4n) is 2.74. The maximum absolute atomic E-state index is 9.15. The fraction of sp³-hybridized carbons (Fsp3) is 1.00. The summed E-state index contributed by atoms with van der Waals surface area (Å²) in [7, 11) is 0. The summed E-state index contributed by atoms with van der Waals surface area (Å²) in [6, 6.07) is 0.455. The number of hydrogen-bond donors (Lipinski definition) is 2. The average Bonchev–Trinajstić information content (AvgIpc) is 2.48. The Kier molecular flexibility index (Phi) is 7.20. The molecular formula is C15H32N2O. The number of aliphatic hydroxyl groups excluding tert-OH is 1. The van der Waals surface area contributed by atoms with Crippen molar-refractivity contribution in [3.8, 4) is 0 Å². The van der Waals surface area contributed by atoms with Crippen molar-refractivity contribution in [3.63, 3.8) is 0 Å². The van der Waals surface area contributed by atoms with Gasteiger partial charge >= 0.3 is 0 Å². The van der Waals surface area contributed by atoms with Crippen LogP contribution in [0, 0.1) is 5.41 Å². The molecule has 3 heteroatoms. The Morgan fingerprint density at radius 2 is 2.06 bits per heavy atom. The third kappa shape index (κ3) is 6.17. The summed E-state index contributed by atoms with van der Waals surface area (Å²) in [6.45, 7) is 11.8. The van der Waals surface area contributed by atoms with Crippen LogP contribution in [-0.2, 0) is 0 Å². The molecule has 0 saturated carbocycles. The van der Waals surface area contributed by atoms with Crippen LogP contribution in [0.5, 0.6) is 0 Å². The molecule has 1 unspecified atom stereocenters. The molecule has 1 saturated heterocycles. The molecule has 1 aliphatic rings. The standard InChI is InChI=1S/C15H32N2O/c1-4-9-16-14(6-12-18)13-17-10-5-7-15(2,3)8-11-17/h14,16,18H,4-13H2,1-3H3. The number of nitrogens with one attached hydrogen (secondary N) is 1. The molecule has 0 amide bonds. The van der Waals surface area contributed by atoms with Gasteiger partial charge in [-0.05, 0) is 57.2 Å². The minimum absolute atomic E-state index is 0.292. The van der Waals surface area contributed by atoms with Crippen LogP contribution in [0.3, 0.4) is 0 Å². The smallest absolute Gasteiger partial charge is 0.0446 e. The summed E-state index contributed by atoms with van der Waals surface area (Å²) in [4.78, 5) is 2.58. The first-order valence-corrected chi connectivity index (χ1v) is 7.64. The molecule has 18 heavy (non-hydrogen) atoms. The van der Waals surface area contributed by atoms with Crippen LogP contribution in [-0.4, -0.2) is 48.8 Å². The largest absolute Gasteiger partial charge is 0.396 e. The zero-order valence-electron chi connectivity index (χ0n) is 12.5. The average molecular weight is 256 g/mol. The topological polar surface area (TPSA) is 35.5 Å². The lowest BCUT2D eigenvalue weighted by atomic mass is 9.85. The third-order valence-electron chi connectivity index (χ3n) is 4.07. The Labute approximate surface area is 113 Å². The Balaban J connectivity index is 2.37. The van der Waals surface area contributed by atoms with E-state index in [0.29, 0.717) is 18.1 Å². The van der Waals surface area contributed by atoms with E-state index in [-0.39, 0.29) is 0 Å². The van der Waals surface area contributed by atoms with E-state index in [0.717, 1.165) is 25.9 Å². The molecule has 2 N–H and O–H groups in total. The van der Waals surface area contributed by atoms with Crippen LogP contribution < -0.4 is 5.32 Å². The Morgan fingerprint density at radius 3 is 2.72 bits per heavy atom. The number of hydrogen-bond acceptors (Lipinski definition) is 3. The van der Waals surface area contributed by atoms with Gasteiger partial charge in [-0.25, -0.2) is 0 Å². The number of likely N-dealkylation sites (tertiary alicyclic amines) is 1. The molecule has 0 aromatic carbocycles. The van der Waals surface area contributed by atoms with Gasteiger partial charge in [0.05, 0.1) is 0 Å². The molecule has 0 bridgehead atoms. The normalized spacial score (nSPS) is 22.7. The summed E-state index contributed by atoms with van der Waals surface area (Å²) >= 11 is 0. The highest BCUT2D eigenvalue weighted by atomic mass is 16.3. The van der Waals surface area contributed by atoms with Crippen molar-refractivity contribution in [1.82, 2.24) is 10.2 Å². The maximum atomic E-state index is 9.15. The quantitative estimate of drug-likeness (QED) is 0.733. The Morgan fingerprint density at radius 1 is 1.28 bits per heavy atom. The van der Waals surface area contributed by atoms with E-state index in [9.17, 15) is 0 Å². The van der Waals surface area contributed by atoms with E-state index in [4.69, 9.17) is 5.11 Å². The van der Waals surface area contributed by atoms with E-state index >= 15 is 0 Å². The monoisotopic (exact) mass is 256 g/mol. The van der Waals surface area contributed by atoms with E-state index in [1.807, 2.05) is 0 Å². The van der Waals surface area contributed by atoms with Crippen molar-refractivity contribution >= 4 is 0 Å². The van der Waals surface area contributed by atoms with Crippen LogP contribution in [0.4, 0.5) is 0 Å². The van der Waals surface area contributed by atoms with Crippen LogP contribution in [0.25, 0.3) is 0 Å². The molecule has 0 aliphatic carbocycles. The minimum atomic E-state index is 0.292. The van der Waals surface area contributed by atoms with Gasteiger partial charge in [0.25, 0.3) is 0 Å². The van der Waals surface area contributed by atoms with Gasteiger partial charge < -0.3 is 15.3 Å². The molecule has 1 fully saturated rings. The molecule has 0 aromatic rings. The highest BCUT2D eigenvalue weighted by molar-refractivity contribution is 4.79. The van der Waals surface area contributed by atoms with Crippen molar-refractivity contribution in [2.24, 2.45) is 5.41 Å². The lowest BCUT2D eigenvalue weighted by molar-refractivity contribution is 0.206. The second-order valence-electron chi connectivity index (χ2n) is 6.48. The highest BCUT2D eigenvalue weighted by Gasteiger charge is 2.24. The lowest BCUT2D eigenvalue weighted by Crippen LogP contribution is -2.42. The highest BCUT2D eigenvalue weighted by Crippen LogP contribution is 2.29. The predicted molar refractivity (Wildman–Crippen MR) is 77.9 cm³/mol. The zero-order chi connectivity index (χ0) is 13.4. The van der Waals surface area contributed by atoms with E-state index in [1.54, 1.807) is 0 Å². The molecule has 1 atom stereocenters. The predicted octanol–water partition coefficient (Wildman–Crippen LogP) is 2.25. The van der Waals surface area contributed by atoms with Crippen molar-refractivity contribution in [2.45, 2.75) is 58.9 Å². The van der Waals surface area contributed by atoms with Crippen LogP contribution in [0.1, 0.15) is 52.9 Å². The molecule has 0 spiro atoms. The summed E-state index contributed by atoms with van der Waals surface area (Å²) in [6.07, 6.45) is 5.99. The van der Waals surface area contributed by atoms with Gasteiger partial charge in [-0.1, -0.05) is 20.8 Å². The van der Waals surface area contributed by atoms with Gasteiger partial charge in [-0.2, -0.15) is 0 Å². The molecule has 1 heterocycles. The summed E-state index contributed by atoms with van der Waals surface area (Å²) < 4.78 is 0. The van der Waals surface area contributed by atoms with E-state index in [2.05, 4.69) is 31.0 Å². The van der Waals surface area contributed by atoms with Gasteiger partial charge in [-0.15, -0.1) is 0 Å². The molecule has 0 radical (unpaired) electrons. The summed E-state index contributed by atoms with van der Waals surface area (Å²) in [5.41, 5.74) is 0.512. The molecule has 1 aliphatic heterocycles. The van der Waals surface area contributed by atoms with Gasteiger partial charge in [0.15, 0.2) is 0 Å². The first-order chi connectivity index (χ1) is 8.57. The third-order valence-corrected chi connectivity index (χ3v) is 4.07. The van der Waals surface area contributed by atoms with Crippen molar-refractivity contribution in [1.29, 1.82) is 0 Å². The van der Waals surface area contributed by atoms with Gasteiger partial charge in [0.1, 0.15) is 0 Å².